The van der Waals surface area contributed by atoms with E-state index in [0.29, 0.717) is 32.1 Å². The molecule has 0 radical (unpaired) electrons. The van der Waals surface area contributed by atoms with Crippen LogP contribution in [0.2, 0.25) is 0 Å². The van der Waals surface area contributed by atoms with Gasteiger partial charge in [0.15, 0.2) is 0 Å². The van der Waals surface area contributed by atoms with Gasteiger partial charge in [-0.2, -0.15) is 17.0 Å². The van der Waals surface area contributed by atoms with Crippen molar-refractivity contribution in [3.8, 4) is 0 Å². The summed E-state index contributed by atoms with van der Waals surface area (Å²) in [4.78, 5) is 0. The lowest BCUT2D eigenvalue weighted by Gasteiger charge is -2.34. The van der Waals surface area contributed by atoms with Crippen molar-refractivity contribution in [2.24, 2.45) is 5.92 Å². The van der Waals surface area contributed by atoms with Crippen LogP contribution in [-0.4, -0.2) is 56.3 Å². The molecule has 0 amide bonds. The van der Waals surface area contributed by atoms with Crippen molar-refractivity contribution >= 4 is 10.2 Å². The molecule has 2 fully saturated rings. The quantitative estimate of drug-likeness (QED) is 0.801. The third kappa shape index (κ3) is 3.23. The minimum Gasteiger partial charge on any atom is -0.317 e. The molecule has 2 aliphatic heterocycles. The first kappa shape index (κ1) is 14.2. The Bertz CT molecular complexity index is 352. The van der Waals surface area contributed by atoms with Gasteiger partial charge in [0, 0.05) is 26.2 Å². The van der Waals surface area contributed by atoms with Crippen LogP contribution in [0.5, 0.6) is 0 Å². The highest BCUT2D eigenvalue weighted by atomic mass is 32.2. The zero-order valence-electron chi connectivity index (χ0n) is 11.3. The van der Waals surface area contributed by atoms with Crippen molar-refractivity contribution in [2.45, 2.75) is 32.6 Å². The van der Waals surface area contributed by atoms with Crippen LogP contribution in [0.3, 0.4) is 0 Å². The van der Waals surface area contributed by atoms with Crippen LogP contribution in [-0.2, 0) is 10.2 Å². The molecule has 0 spiro atoms. The zero-order valence-corrected chi connectivity index (χ0v) is 12.1. The average molecular weight is 275 g/mol. The molecule has 0 aromatic heterocycles. The Hall–Kier alpha value is -0.170. The van der Waals surface area contributed by atoms with Gasteiger partial charge in [-0.05, 0) is 44.7 Å². The summed E-state index contributed by atoms with van der Waals surface area (Å²) in [6.45, 7) is 6.76. The first-order valence-corrected chi connectivity index (χ1v) is 8.50. The van der Waals surface area contributed by atoms with Crippen molar-refractivity contribution in [3.05, 3.63) is 0 Å². The fraction of sp³-hybridized carbons (Fsp3) is 1.00. The van der Waals surface area contributed by atoms with Crippen LogP contribution in [0.4, 0.5) is 0 Å². The largest absolute Gasteiger partial charge is 0.317 e. The van der Waals surface area contributed by atoms with E-state index >= 15 is 0 Å². The first-order valence-electron chi connectivity index (χ1n) is 7.10. The number of rotatable bonds is 5. The smallest absolute Gasteiger partial charge is 0.281 e. The van der Waals surface area contributed by atoms with E-state index < -0.39 is 10.2 Å². The van der Waals surface area contributed by atoms with E-state index in [0.717, 1.165) is 38.8 Å². The minimum absolute atomic E-state index is 0.469. The molecule has 2 saturated heterocycles. The Kier molecular flexibility index (Phi) is 5.00. The van der Waals surface area contributed by atoms with Crippen LogP contribution in [0.1, 0.15) is 32.6 Å². The molecule has 0 aromatic rings. The number of nitrogens with one attached hydrogen (secondary N) is 1. The zero-order chi connectivity index (χ0) is 13.0. The van der Waals surface area contributed by atoms with Crippen LogP contribution >= 0.6 is 0 Å². The predicted molar refractivity (Wildman–Crippen MR) is 72.6 cm³/mol. The van der Waals surface area contributed by atoms with Gasteiger partial charge in [-0.15, -0.1) is 0 Å². The second kappa shape index (κ2) is 6.32. The lowest BCUT2D eigenvalue weighted by molar-refractivity contribution is 0.247. The van der Waals surface area contributed by atoms with Crippen LogP contribution in [0.15, 0.2) is 0 Å². The number of hydrogen-bond acceptors (Lipinski definition) is 3. The summed E-state index contributed by atoms with van der Waals surface area (Å²) in [6.07, 6.45) is 4.14. The summed E-state index contributed by atoms with van der Waals surface area (Å²) in [5, 5.41) is 3.32. The number of nitrogens with zero attached hydrogens (tertiary/aromatic N) is 2. The van der Waals surface area contributed by atoms with Gasteiger partial charge in [-0.25, -0.2) is 0 Å². The maximum atomic E-state index is 12.4. The van der Waals surface area contributed by atoms with E-state index in [1.807, 2.05) is 0 Å². The Balaban J connectivity index is 1.94. The lowest BCUT2D eigenvalue weighted by atomic mass is 10.00. The van der Waals surface area contributed by atoms with E-state index in [-0.39, 0.29) is 0 Å². The predicted octanol–water partition coefficient (Wildman–Crippen LogP) is 0.649. The van der Waals surface area contributed by atoms with Crippen LogP contribution < -0.4 is 5.32 Å². The highest BCUT2D eigenvalue weighted by Gasteiger charge is 2.34. The van der Waals surface area contributed by atoms with Gasteiger partial charge < -0.3 is 5.32 Å². The minimum atomic E-state index is -3.18. The highest BCUT2D eigenvalue weighted by Crippen LogP contribution is 2.23. The maximum absolute atomic E-state index is 12.4. The molecule has 0 bridgehead atoms. The van der Waals surface area contributed by atoms with E-state index in [1.165, 1.54) is 0 Å². The second-order valence-electron chi connectivity index (χ2n) is 5.29. The van der Waals surface area contributed by atoms with Crippen molar-refractivity contribution in [1.82, 2.24) is 13.9 Å². The standard InChI is InChI=1S/C12H25N3O2S/c1-2-13-10-12-6-5-9-15(11-12)18(16,17)14-7-3-4-8-14/h12-13H,2-11H2,1H3. The molecule has 106 valence electrons. The molecule has 5 nitrogen and oxygen atoms in total. The van der Waals surface area contributed by atoms with Gasteiger partial charge in [0.05, 0.1) is 0 Å². The molecular weight excluding hydrogens is 250 g/mol. The van der Waals surface area contributed by atoms with Gasteiger partial charge in [0.2, 0.25) is 0 Å². The maximum Gasteiger partial charge on any atom is 0.281 e. The summed E-state index contributed by atoms with van der Waals surface area (Å²) in [7, 11) is -3.18. The topological polar surface area (TPSA) is 52.7 Å². The van der Waals surface area contributed by atoms with Crippen molar-refractivity contribution in [3.63, 3.8) is 0 Å². The SMILES string of the molecule is CCNCC1CCCN(S(=O)(=O)N2CCCC2)C1. The monoisotopic (exact) mass is 275 g/mol. The molecule has 0 aromatic carbocycles. The molecular formula is C12H25N3O2S. The van der Waals surface area contributed by atoms with Gasteiger partial charge in [0.1, 0.15) is 0 Å². The van der Waals surface area contributed by atoms with E-state index in [1.54, 1.807) is 8.61 Å². The van der Waals surface area contributed by atoms with Crippen molar-refractivity contribution in [1.29, 1.82) is 0 Å². The van der Waals surface area contributed by atoms with E-state index in [2.05, 4.69) is 12.2 Å². The Morgan fingerprint density at radius 1 is 1.11 bits per heavy atom. The van der Waals surface area contributed by atoms with E-state index in [9.17, 15) is 8.42 Å². The molecule has 1 unspecified atom stereocenters. The van der Waals surface area contributed by atoms with Gasteiger partial charge in [0.25, 0.3) is 10.2 Å². The average Bonchev–Trinajstić information content (AvgIpc) is 2.91. The molecule has 0 aliphatic carbocycles. The first-order chi connectivity index (χ1) is 8.64. The molecule has 18 heavy (non-hydrogen) atoms. The van der Waals surface area contributed by atoms with Crippen LogP contribution in [0.25, 0.3) is 0 Å². The summed E-state index contributed by atoms with van der Waals surface area (Å²) < 4.78 is 28.2. The fourth-order valence-electron chi connectivity index (χ4n) is 2.83. The normalized spacial score (nSPS) is 27.7. The molecule has 1 N–H and O–H groups in total. The summed E-state index contributed by atoms with van der Waals surface area (Å²) >= 11 is 0. The molecule has 1 atom stereocenters. The van der Waals surface area contributed by atoms with Crippen molar-refractivity contribution < 1.29 is 8.42 Å². The van der Waals surface area contributed by atoms with Crippen molar-refractivity contribution in [2.75, 3.05) is 39.3 Å². The van der Waals surface area contributed by atoms with Gasteiger partial charge >= 0.3 is 0 Å². The third-order valence-electron chi connectivity index (χ3n) is 3.88. The Labute approximate surface area is 111 Å². The molecule has 2 heterocycles. The van der Waals surface area contributed by atoms with Crippen LogP contribution in [0, 0.1) is 5.92 Å². The number of piperidine rings is 1. The molecule has 6 heteroatoms. The lowest BCUT2D eigenvalue weighted by Crippen LogP contribution is -2.48. The molecule has 2 rings (SSSR count). The Morgan fingerprint density at radius 3 is 2.44 bits per heavy atom. The third-order valence-corrected chi connectivity index (χ3v) is 5.88. The summed E-state index contributed by atoms with van der Waals surface area (Å²) in [6, 6.07) is 0. The second-order valence-corrected chi connectivity index (χ2v) is 7.22. The summed E-state index contributed by atoms with van der Waals surface area (Å²) in [5.41, 5.74) is 0. The highest BCUT2D eigenvalue weighted by molar-refractivity contribution is 7.86. The number of hydrogen-bond donors (Lipinski definition) is 1. The molecule has 2 aliphatic rings. The molecule has 0 saturated carbocycles. The van der Waals surface area contributed by atoms with E-state index in [4.69, 9.17) is 0 Å². The fourth-order valence-corrected chi connectivity index (χ4v) is 4.64. The van der Waals surface area contributed by atoms with Gasteiger partial charge in [-0.1, -0.05) is 6.92 Å². The Morgan fingerprint density at radius 2 is 1.78 bits per heavy atom. The van der Waals surface area contributed by atoms with Gasteiger partial charge in [-0.3, -0.25) is 0 Å². The summed E-state index contributed by atoms with van der Waals surface area (Å²) in [5.74, 6) is 0.469.